The zero-order valence-corrected chi connectivity index (χ0v) is 9.71. The molecule has 0 aliphatic rings. The Morgan fingerprint density at radius 3 is 1.80 bits per heavy atom. The van der Waals surface area contributed by atoms with E-state index in [0.717, 1.165) is 0 Å². The van der Waals surface area contributed by atoms with Gasteiger partial charge < -0.3 is 0 Å². The predicted octanol–water partition coefficient (Wildman–Crippen LogP) is 2.01. The maximum atomic E-state index is 11.5. The first-order valence-corrected chi connectivity index (χ1v) is 4.93. The van der Waals surface area contributed by atoms with Crippen molar-refractivity contribution in [1.82, 2.24) is 0 Å². The van der Waals surface area contributed by atoms with E-state index in [-0.39, 0.29) is 5.92 Å². The average Bonchev–Trinajstić information content (AvgIpc) is 2.05. The van der Waals surface area contributed by atoms with Crippen LogP contribution in [0.2, 0.25) is 0 Å². The van der Waals surface area contributed by atoms with Crippen LogP contribution in [0.15, 0.2) is 18.7 Å². The van der Waals surface area contributed by atoms with Crippen LogP contribution in [0, 0.1) is 0 Å². The Morgan fingerprint density at radius 1 is 1.00 bits per heavy atom. The smallest absolute Gasteiger partial charge is 0.242 e. The number of hydrogen-bond donors (Lipinski definition) is 0. The average molecular weight is 212 g/mol. The zero-order valence-electron chi connectivity index (χ0n) is 9.71. The van der Waals surface area contributed by atoms with Crippen molar-refractivity contribution in [3.05, 3.63) is 32.0 Å². The minimum atomic E-state index is -0.564. The fourth-order valence-electron chi connectivity index (χ4n) is 1.61. The molecule has 0 unspecified atom stereocenters. The van der Waals surface area contributed by atoms with Crippen LogP contribution in [0.25, 0.3) is 0 Å². The second-order valence-corrected chi connectivity index (χ2v) is 4.93. The van der Waals surface area contributed by atoms with E-state index >= 15 is 0 Å². The van der Waals surface area contributed by atoms with Gasteiger partial charge in [-0.1, -0.05) is 34.6 Å². The lowest BCUT2D eigenvalue weighted by atomic mass is 9.82. The van der Waals surface area contributed by atoms with Gasteiger partial charge in [-0.3, -0.25) is 0 Å². The molecule has 1 rings (SSSR count). The number of rotatable bonds is 1. The number of hydrogen-bond acceptors (Lipinski definition) is 4. The highest BCUT2D eigenvalue weighted by Crippen LogP contribution is 2.25. The van der Waals surface area contributed by atoms with Gasteiger partial charge in [-0.25, -0.2) is 18.7 Å². The summed E-state index contributed by atoms with van der Waals surface area (Å²) in [6, 6.07) is 0. The molecular formula is C11H16O4. The van der Waals surface area contributed by atoms with Crippen LogP contribution in [0.1, 0.15) is 51.7 Å². The zero-order chi connectivity index (χ0) is 11.8. The van der Waals surface area contributed by atoms with Gasteiger partial charge in [-0.15, -0.1) is 0 Å². The van der Waals surface area contributed by atoms with Crippen LogP contribution in [-0.2, 0) is 5.41 Å². The van der Waals surface area contributed by atoms with E-state index in [1.807, 2.05) is 34.6 Å². The van der Waals surface area contributed by atoms with Crippen LogP contribution >= 0.6 is 0 Å². The Balaban J connectivity index is 3.69. The van der Waals surface area contributed by atoms with Gasteiger partial charge in [0.1, 0.15) is 0 Å². The van der Waals surface area contributed by atoms with Gasteiger partial charge in [0.05, 0.1) is 11.1 Å². The van der Waals surface area contributed by atoms with Gasteiger partial charge in [0.25, 0.3) is 0 Å². The van der Waals surface area contributed by atoms with E-state index in [9.17, 15) is 9.59 Å². The maximum absolute atomic E-state index is 11.5. The third kappa shape index (κ3) is 2.19. The molecule has 0 spiro atoms. The fraction of sp³-hybridized carbons (Fsp3) is 0.636. The van der Waals surface area contributed by atoms with Crippen molar-refractivity contribution in [2.75, 3.05) is 0 Å². The standard InChI is InChI=1S/C11H16O4/c1-6(2)7-8(11(3,4)5)10(13)15-14-9(7)12/h6H,1-5H3. The quantitative estimate of drug-likeness (QED) is 0.668. The van der Waals surface area contributed by atoms with Crippen molar-refractivity contribution in [3.8, 4) is 0 Å². The lowest BCUT2D eigenvalue weighted by molar-refractivity contribution is 0.0112. The molecule has 0 aromatic carbocycles. The highest BCUT2D eigenvalue weighted by Gasteiger charge is 2.27. The summed E-state index contributed by atoms with van der Waals surface area (Å²) < 4.78 is 8.71. The molecule has 0 N–H and O–H groups in total. The molecule has 0 amide bonds. The van der Waals surface area contributed by atoms with Gasteiger partial charge in [0.2, 0.25) is 0 Å². The van der Waals surface area contributed by atoms with E-state index < -0.39 is 16.7 Å². The third-order valence-electron chi connectivity index (χ3n) is 2.21. The lowest BCUT2D eigenvalue weighted by Crippen LogP contribution is -2.30. The van der Waals surface area contributed by atoms with Gasteiger partial charge in [-0.05, 0) is 11.3 Å². The second kappa shape index (κ2) is 3.68. The molecule has 1 aromatic heterocycles. The molecular weight excluding hydrogens is 196 g/mol. The van der Waals surface area contributed by atoms with Crippen LogP contribution < -0.4 is 11.3 Å². The minimum Gasteiger partial charge on any atom is -0.242 e. The lowest BCUT2D eigenvalue weighted by Gasteiger charge is -2.20. The summed E-state index contributed by atoms with van der Waals surface area (Å²) in [7, 11) is 0. The van der Waals surface area contributed by atoms with Crippen molar-refractivity contribution in [1.29, 1.82) is 0 Å². The second-order valence-electron chi connectivity index (χ2n) is 4.93. The third-order valence-corrected chi connectivity index (χ3v) is 2.21. The van der Waals surface area contributed by atoms with Crippen LogP contribution in [0.3, 0.4) is 0 Å². The summed E-state index contributed by atoms with van der Waals surface area (Å²) in [4.78, 5) is 23.0. The molecule has 0 aliphatic heterocycles. The Labute approximate surface area is 87.8 Å². The fourth-order valence-corrected chi connectivity index (χ4v) is 1.61. The van der Waals surface area contributed by atoms with Crippen LogP contribution in [-0.4, -0.2) is 0 Å². The summed E-state index contributed by atoms with van der Waals surface area (Å²) in [5.74, 6) is -0.0559. The molecule has 0 radical (unpaired) electrons. The van der Waals surface area contributed by atoms with Crippen molar-refractivity contribution in [3.63, 3.8) is 0 Å². The monoisotopic (exact) mass is 212 g/mol. The molecule has 0 saturated carbocycles. The van der Waals surface area contributed by atoms with Gasteiger partial charge >= 0.3 is 11.3 Å². The molecule has 0 atom stereocenters. The Hall–Kier alpha value is -1.32. The first kappa shape index (κ1) is 11.8. The van der Waals surface area contributed by atoms with E-state index in [2.05, 4.69) is 9.15 Å². The highest BCUT2D eigenvalue weighted by molar-refractivity contribution is 5.28. The van der Waals surface area contributed by atoms with E-state index in [4.69, 9.17) is 0 Å². The van der Waals surface area contributed by atoms with Crippen molar-refractivity contribution < 1.29 is 9.15 Å². The van der Waals surface area contributed by atoms with E-state index in [1.54, 1.807) is 0 Å². The highest BCUT2D eigenvalue weighted by atomic mass is 17.0. The molecule has 0 fully saturated rings. The van der Waals surface area contributed by atoms with Crippen molar-refractivity contribution in [2.45, 2.75) is 46.0 Å². The van der Waals surface area contributed by atoms with Gasteiger partial charge in [0.15, 0.2) is 0 Å². The molecule has 0 bridgehead atoms. The molecule has 1 aromatic rings. The normalized spacial score (nSPS) is 12.1. The summed E-state index contributed by atoms with van der Waals surface area (Å²) in [5, 5.41) is 0. The molecule has 1 heterocycles. The molecule has 4 heteroatoms. The first-order valence-electron chi connectivity index (χ1n) is 4.93. The van der Waals surface area contributed by atoms with Gasteiger partial charge in [0, 0.05) is 0 Å². The van der Waals surface area contributed by atoms with Crippen molar-refractivity contribution in [2.24, 2.45) is 0 Å². The summed E-state index contributed by atoms with van der Waals surface area (Å²) in [6.07, 6.45) is 0. The van der Waals surface area contributed by atoms with E-state index in [1.165, 1.54) is 0 Å². The Morgan fingerprint density at radius 2 is 1.47 bits per heavy atom. The molecule has 84 valence electrons. The molecule has 15 heavy (non-hydrogen) atoms. The van der Waals surface area contributed by atoms with Crippen LogP contribution in [0.4, 0.5) is 0 Å². The minimum absolute atomic E-state index is 0.0559. The molecule has 0 saturated heterocycles. The summed E-state index contributed by atoms with van der Waals surface area (Å²) in [6.45, 7) is 9.29. The topological polar surface area (TPSA) is 60.4 Å². The summed E-state index contributed by atoms with van der Waals surface area (Å²) in [5.41, 5.74) is -0.719. The largest absolute Gasteiger partial charge is 0.383 e. The summed E-state index contributed by atoms with van der Waals surface area (Å²) >= 11 is 0. The van der Waals surface area contributed by atoms with Gasteiger partial charge in [-0.2, -0.15) is 0 Å². The van der Waals surface area contributed by atoms with Crippen molar-refractivity contribution >= 4 is 0 Å². The SMILES string of the molecule is CC(C)c1c(C(C)(C)C)c(=O)ooc1=O. The Bertz CT molecular complexity index is 457. The van der Waals surface area contributed by atoms with E-state index in [0.29, 0.717) is 11.1 Å². The molecule has 0 aliphatic carbocycles. The maximum Gasteiger partial charge on any atom is 0.383 e. The Kier molecular flexibility index (Phi) is 2.88. The first-order chi connectivity index (χ1) is 6.75. The predicted molar refractivity (Wildman–Crippen MR) is 56.3 cm³/mol. The molecule has 4 nitrogen and oxygen atoms in total. The van der Waals surface area contributed by atoms with Crippen LogP contribution in [0.5, 0.6) is 0 Å².